The van der Waals surface area contributed by atoms with E-state index in [1.54, 1.807) is 6.07 Å². The molecule has 1 N–H and O–H groups in total. The molecule has 0 unspecified atom stereocenters. The van der Waals surface area contributed by atoms with Gasteiger partial charge in [0.1, 0.15) is 17.2 Å². The zero-order valence-corrected chi connectivity index (χ0v) is 24.1. The molecule has 0 radical (unpaired) electrons. The summed E-state index contributed by atoms with van der Waals surface area (Å²) in [6, 6.07) is 13.7. The van der Waals surface area contributed by atoms with Crippen LogP contribution in [0.1, 0.15) is 82.3 Å². The van der Waals surface area contributed by atoms with E-state index in [9.17, 15) is 14.3 Å². The predicted octanol–water partition coefficient (Wildman–Crippen LogP) is 6.06. The topological polar surface area (TPSA) is 67.6 Å². The van der Waals surface area contributed by atoms with Crippen LogP contribution in [0.3, 0.4) is 0 Å². The zero-order chi connectivity index (χ0) is 28.2. The molecule has 0 amide bonds. The van der Waals surface area contributed by atoms with Crippen molar-refractivity contribution in [1.29, 1.82) is 0 Å². The van der Waals surface area contributed by atoms with Crippen molar-refractivity contribution < 1.29 is 19.0 Å². The summed E-state index contributed by atoms with van der Waals surface area (Å²) in [5.74, 6) is 0.676. The number of esters is 1. The molecule has 0 spiro atoms. The van der Waals surface area contributed by atoms with Gasteiger partial charge < -0.3 is 19.3 Å². The van der Waals surface area contributed by atoms with Gasteiger partial charge in [0.05, 0.1) is 24.1 Å². The number of hydrogen-bond donors (Lipinski definition) is 1. The molecular weight excluding hydrogens is 493 g/mol. The first kappa shape index (κ1) is 29.2. The fourth-order valence-corrected chi connectivity index (χ4v) is 6.51. The third-order valence-electron chi connectivity index (χ3n) is 8.17. The van der Waals surface area contributed by atoms with Crippen LogP contribution < -0.4 is 0 Å². The van der Waals surface area contributed by atoms with Crippen LogP contribution in [-0.4, -0.2) is 57.9 Å². The average Bonchev–Trinajstić information content (AvgIpc) is 3.26. The summed E-state index contributed by atoms with van der Waals surface area (Å²) in [6.45, 7) is 10.1. The third-order valence-corrected chi connectivity index (χ3v) is 8.17. The Morgan fingerprint density at radius 3 is 2.69 bits per heavy atom. The van der Waals surface area contributed by atoms with E-state index >= 15 is 0 Å². The second kappa shape index (κ2) is 12.6. The molecule has 6 nitrogen and oxygen atoms in total. The highest BCUT2D eigenvalue weighted by atomic mass is 19.1. The van der Waals surface area contributed by atoms with Crippen LogP contribution in [0, 0.1) is 11.7 Å². The zero-order valence-electron chi connectivity index (χ0n) is 24.1. The number of carbonyl (C=O) groups excluding carboxylic acids is 1. The predicted molar refractivity (Wildman–Crippen MR) is 153 cm³/mol. The highest BCUT2D eigenvalue weighted by Crippen LogP contribution is 2.48. The number of fused-ring (bicyclic) bond motifs is 2. The molecule has 1 heterocycles. The van der Waals surface area contributed by atoms with Crippen LogP contribution in [-0.2, 0) is 22.4 Å². The van der Waals surface area contributed by atoms with E-state index in [-0.39, 0.29) is 36.7 Å². The van der Waals surface area contributed by atoms with Crippen LogP contribution in [0.4, 0.5) is 4.39 Å². The minimum atomic E-state index is -0.689. The summed E-state index contributed by atoms with van der Waals surface area (Å²) >= 11 is 0. The van der Waals surface area contributed by atoms with Crippen molar-refractivity contribution in [1.82, 2.24) is 14.5 Å². The molecule has 1 aliphatic carbocycles. The van der Waals surface area contributed by atoms with Crippen LogP contribution in [0.25, 0.3) is 11.0 Å². The molecule has 1 aromatic heterocycles. The van der Waals surface area contributed by atoms with Crippen LogP contribution >= 0.6 is 0 Å². The summed E-state index contributed by atoms with van der Waals surface area (Å²) in [7, 11) is 2.12. The number of halogens is 1. The van der Waals surface area contributed by atoms with E-state index in [2.05, 4.69) is 62.4 Å². The fourth-order valence-electron chi connectivity index (χ4n) is 6.51. The minimum absolute atomic E-state index is 0.0183. The quantitative estimate of drug-likeness (QED) is 0.285. The summed E-state index contributed by atoms with van der Waals surface area (Å²) in [5.41, 5.74) is 3.61. The van der Waals surface area contributed by atoms with Gasteiger partial charge >= 0.3 is 5.97 Å². The van der Waals surface area contributed by atoms with Crippen molar-refractivity contribution in [3.05, 3.63) is 65.2 Å². The number of rotatable bonds is 12. The molecule has 0 aliphatic heterocycles. The minimum Gasteiger partial charge on any atom is -0.458 e. The Hall–Kier alpha value is -2.77. The van der Waals surface area contributed by atoms with E-state index in [0.717, 1.165) is 48.4 Å². The first-order valence-corrected chi connectivity index (χ1v) is 14.4. The molecule has 2 atom stereocenters. The van der Waals surface area contributed by atoms with Crippen molar-refractivity contribution >= 4 is 17.0 Å². The van der Waals surface area contributed by atoms with Gasteiger partial charge in [-0.1, -0.05) is 32.0 Å². The lowest BCUT2D eigenvalue weighted by Gasteiger charge is -2.47. The maximum absolute atomic E-state index is 14.0. The number of para-hydroxylation sites is 2. The molecule has 2 aromatic carbocycles. The summed E-state index contributed by atoms with van der Waals surface area (Å²) in [6.07, 6.45) is 3.84. The van der Waals surface area contributed by atoms with Gasteiger partial charge in [-0.25, -0.2) is 9.37 Å². The molecule has 4 rings (SSSR count). The van der Waals surface area contributed by atoms with E-state index in [0.29, 0.717) is 25.3 Å². The molecule has 7 heteroatoms. The Bertz CT molecular complexity index is 1270. The van der Waals surface area contributed by atoms with Crippen molar-refractivity contribution in [3.63, 3.8) is 0 Å². The highest BCUT2D eigenvalue weighted by Gasteiger charge is 2.47. The lowest BCUT2D eigenvalue weighted by Crippen LogP contribution is -2.48. The number of carbonyl (C=O) groups is 1. The van der Waals surface area contributed by atoms with Crippen molar-refractivity contribution in [2.24, 2.45) is 5.92 Å². The molecule has 39 heavy (non-hydrogen) atoms. The Morgan fingerprint density at radius 2 is 1.97 bits per heavy atom. The van der Waals surface area contributed by atoms with Crippen LogP contribution in [0.15, 0.2) is 42.5 Å². The molecule has 0 fully saturated rings. The number of aromatic nitrogens is 2. The highest BCUT2D eigenvalue weighted by molar-refractivity contribution is 5.76. The summed E-state index contributed by atoms with van der Waals surface area (Å²) < 4.78 is 22.6. The number of imidazole rings is 1. The van der Waals surface area contributed by atoms with Crippen molar-refractivity contribution in [2.75, 3.05) is 26.7 Å². The number of nitrogens with zero attached hydrogens (tertiary/aromatic N) is 3. The van der Waals surface area contributed by atoms with E-state index in [4.69, 9.17) is 9.72 Å². The molecule has 1 aliphatic rings. The summed E-state index contributed by atoms with van der Waals surface area (Å²) in [4.78, 5) is 19.9. The van der Waals surface area contributed by atoms with E-state index < -0.39 is 5.60 Å². The maximum atomic E-state index is 14.0. The van der Waals surface area contributed by atoms with Gasteiger partial charge in [0.15, 0.2) is 0 Å². The fraction of sp³-hybridized carbons (Fsp3) is 0.562. The van der Waals surface area contributed by atoms with E-state index in [1.165, 1.54) is 11.6 Å². The number of aliphatic hydroxyl groups excluding tert-OH is 1. The second-order valence-corrected chi connectivity index (χ2v) is 11.7. The first-order chi connectivity index (χ1) is 18.6. The molecule has 212 valence electrons. The number of aryl methyl sites for hydroxylation is 2. The van der Waals surface area contributed by atoms with E-state index in [1.807, 2.05) is 12.1 Å². The van der Waals surface area contributed by atoms with Gasteiger partial charge in [-0.3, -0.25) is 4.79 Å². The largest absolute Gasteiger partial charge is 0.458 e. The van der Waals surface area contributed by atoms with Gasteiger partial charge in [0.2, 0.25) is 0 Å². The number of benzene rings is 2. The Kier molecular flexibility index (Phi) is 9.44. The van der Waals surface area contributed by atoms with Gasteiger partial charge in [-0.15, -0.1) is 0 Å². The Balaban J connectivity index is 1.47. The second-order valence-electron chi connectivity index (χ2n) is 11.7. The van der Waals surface area contributed by atoms with Crippen LogP contribution in [0.2, 0.25) is 0 Å². The Labute approximate surface area is 232 Å². The molecule has 0 bridgehead atoms. The van der Waals surface area contributed by atoms with Gasteiger partial charge in [-0.2, -0.15) is 0 Å². The van der Waals surface area contributed by atoms with Gasteiger partial charge in [-0.05, 0) is 88.0 Å². The molecule has 0 saturated heterocycles. The van der Waals surface area contributed by atoms with Gasteiger partial charge in [0.25, 0.3) is 0 Å². The number of hydrogen-bond acceptors (Lipinski definition) is 5. The van der Waals surface area contributed by atoms with Crippen LogP contribution in [0.5, 0.6) is 0 Å². The normalized spacial score (nSPS) is 19.3. The number of aliphatic hydroxyl groups is 1. The lowest BCUT2D eigenvalue weighted by molar-refractivity contribution is -0.168. The third kappa shape index (κ3) is 6.52. The summed E-state index contributed by atoms with van der Waals surface area (Å²) in [5, 5.41) is 9.37. The van der Waals surface area contributed by atoms with Crippen molar-refractivity contribution in [3.8, 4) is 0 Å². The molecule has 3 aromatic rings. The lowest BCUT2D eigenvalue weighted by atomic mass is 9.65. The van der Waals surface area contributed by atoms with Crippen molar-refractivity contribution in [2.45, 2.75) is 83.8 Å². The standard InChI is InChI=1S/C32H44FN3O3/c1-22(2)31-26-13-12-25(33)21-24(26)14-16-32(31,39-30(38)15-20-37)17-19-35(5)18-8-11-29-34-27-9-6-7-10-28(27)36(29)23(3)4/h6-7,9-10,12-13,21-23,31,37H,8,11,14-20H2,1-5H3/t31-,32-/m0/s1. The monoisotopic (exact) mass is 537 g/mol. The number of ether oxygens (including phenoxy) is 1. The average molecular weight is 538 g/mol. The Morgan fingerprint density at radius 1 is 1.21 bits per heavy atom. The molecule has 0 saturated carbocycles. The smallest absolute Gasteiger partial charge is 0.308 e. The first-order valence-electron chi connectivity index (χ1n) is 14.4. The van der Waals surface area contributed by atoms with Gasteiger partial charge in [0, 0.05) is 31.3 Å². The molecular formula is C32H44FN3O3. The SMILES string of the molecule is CC(C)[C@H]1c2ccc(F)cc2CC[C@@]1(CCN(C)CCCc1nc2ccccc2n1C(C)C)OC(=O)CCO. The maximum Gasteiger partial charge on any atom is 0.308 e.